The molecule has 24 heavy (non-hydrogen) atoms. The van der Waals surface area contributed by atoms with Crippen molar-refractivity contribution in [1.29, 1.82) is 0 Å². The molecule has 8 heteroatoms. The van der Waals surface area contributed by atoms with Gasteiger partial charge in [-0.1, -0.05) is 6.92 Å². The van der Waals surface area contributed by atoms with Crippen molar-refractivity contribution >= 4 is 37.5 Å². The Bertz CT molecular complexity index is 839. The first kappa shape index (κ1) is 18.6. The molecule has 0 aliphatic rings. The second-order valence-electron chi connectivity index (χ2n) is 5.00. The topological polar surface area (TPSA) is 75.3 Å². The Labute approximate surface area is 148 Å². The van der Waals surface area contributed by atoms with Crippen molar-refractivity contribution in [1.82, 2.24) is 4.72 Å². The van der Waals surface area contributed by atoms with Crippen molar-refractivity contribution in [3.05, 3.63) is 58.3 Å². The Hall–Kier alpha value is -1.77. The van der Waals surface area contributed by atoms with Crippen LogP contribution in [0.4, 0.5) is 10.1 Å². The molecule has 0 bridgehead atoms. The highest BCUT2D eigenvalue weighted by Gasteiger charge is 2.14. The molecule has 128 valence electrons. The molecule has 0 saturated heterocycles. The molecule has 0 saturated carbocycles. The quantitative estimate of drug-likeness (QED) is 0.758. The highest BCUT2D eigenvalue weighted by molar-refractivity contribution is 9.10. The molecule has 0 aliphatic heterocycles. The van der Waals surface area contributed by atoms with Gasteiger partial charge in [-0.05, 0) is 64.8 Å². The summed E-state index contributed by atoms with van der Waals surface area (Å²) in [6.07, 6.45) is 0.694. The monoisotopic (exact) mass is 414 g/mol. The van der Waals surface area contributed by atoms with Crippen LogP contribution in [0, 0.1) is 5.82 Å². The zero-order chi connectivity index (χ0) is 17.7. The van der Waals surface area contributed by atoms with Crippen LogP contribution in [0.3, 0.4) is 0 Å². The Morgan fingerprint density at radius 3 is 2.42 bits per heavy atom. The molecule has 2 N–H and O–H groups in total. The van der Waals surface area contributed by atoms with Crippen LogP contribution in [-0.2, 0) is 10.0 Å². The second-order valence-corrected chi connectivity index (χ2v) is 7.62. The van der Waals surface area contributed by atoms with Gasteiger partial charge in [-0.15, -0.1) is 0 Å². The standard InChI is InChI=1S/C16H16BrFN2O3S/c1-2-9-19-24(22,23)13-6-4-12(5-7-13)20-16(21)14-8-3-11(18)10-15(14)17/h3-8,10,19H,2,9H2,1H3,(H,20,21). The Kier molecular flexibility index (Phi) is 6.09. The van der Waals surface area contributed by atoms with Gasteiger partial charge in [0.25, 0.3) is 5.91 Å². The molecule has 2 aromatic carbocycles. The summed E-state index contributed by atoms with van der Waals surface area (Å²) < 4.78 is 39.8. The van der Waals surface area contributed by atoms with Crippen LogP contribution in [0.5, 0.6) is 0 Å². The number of hydrogen-bond acceptors (Lipinski definition) is 3. The van der Waals surface area contributed by atoms with E-state index < -0.39 is 21.7 Å². The van der Waals surface area contributed by atoms with E-state index in [0.29, 0.717) is 23.1 Å². The Balaban J connectivity index is 2.13. The highest BCUT2D eigenvalue weighted by atomic mass is 79.9. The summed E-state index contributed by atoms with van der Waals surface area (Å²) in [6.45, 7) is 2.23. The summed E-state index contributed by atoms with van der Waals surface area (Å²) in [7, 11) is -3.54. The van der Waals surface area contributed by atoms with E-state index in [2.05, 4.69) is 26.0 Å². The van der Waals surface area contributed by atoms with Crippen molar-refractivity contribution in [2.24, 2.45) is 0 Å². The average Bonchev–Trinajstić information content (AvgIpc) is 2.53. The number of rotatable bonds is 6. The summed E-state index contributed by atoms with van der Waals surface area (Å²) in [5.41, 5.74) is 0.711. The van der Waals surface area contributed by atoms with Gasteiger partial charge in [-0.25, -0.2) is 17.5 Å². The molecule has 0 aromatic heterocycles. The van der Waals surface area contributed by atoms with Crippen molar-refractivity contribution in [3.8, 4) is 0 Å². The maximum Gasteiger partial charge on any atom is 0.256 e. The minimum Gasteiger partial charge on any atom is -0.322 e. The van der Waals surface area contributed by atoms with Gasteiger partial charge < -0.3 is 5.32 Å². The summed E-state index contributed by atoms with van der Waals surface area (Å²) >= 11 is 3.13. The lowest BCUT2D eigenvalue weighted by Crippen LogP contribution is -2.24. The lowest BCUT2D eigenvalue weighted by Gasteiger charge is -2.09. The molecule has 0 aliphatic carbocycles. The molecule has 0 unspecified atom stereocenters. The lowest BCUT2D eigenvalue weighted by molar-refractivity contribution is 0.102. The first-order valence-electron chi connectivity index (χ1n) is 7.19. The van der Waals surface area contributed by atoms with Crippen LogP contribution >= 0.6 is 15.9 Å². The van der Waals surface area contributed by atoms with Crippen molar-refractivity contribution < 1.29 is 17.6 Å². The zero-order valence-electron chi connectivity index (χ0n) is 12.8. The SMILES string of the molecule is CCCNS(=O)(=O)c1ccc(NC(=O)c2ccc(F)cc2Br)cc1. The smallest absolute Gasteiger partial charge is 0.256 e. The summed E-state index contributed by atoms with van der Waals surface area (Å²) in [6, 6.07) is 9.56. The average molecular weight is 415 g/mol. The van der Waals surface area contributed by atoms with E-state index in [4.69, 9.17) is 0 Å². The number of carbonyl (C=O) groups is 1. The fraction of sp³-hybridized carbons (Fsp3) is 0.188. The number of nitrogens with one attached hydrogen (secondary N) is 2. The van der Waals surface area contributed by atoms with E-state index in [0.717, 1.165) is 0 Å². The lowest BCUT2D eigenvalue weighted by atomic mass is 10.2. The molecule has 0 radical (unpaired) electrons. The normalized spacial score (nSPS) is 11.3. The molecule has 0 heterocycles. The summed E-state index contributed by atoms with van der Waals surface area (Å²) in [4.78, 5) is 12.3. The van der Waals surface area contributed by atoms with Crippen molar-refractivity contribution in [2.75, 3.05) is 11.9 Å². The van der Waals surface area contributed by atoms with Crippen LogP contribution < -0.4 is 10.0 Å². The van der Waals surface area contributed by atoms with Crippen molar-refractivity contribution in [3.63, 3.8) is 0 Å². The number of halogens is 2. The van der Waals surface area contributed by atoms with Crippen molar-refractivity contribution in [2.45, 2.75) is 18.2 Å². The number of anilines is 1. The summed E-state index contributed by atoms with van der Waals surface area (Å²) in [5.74, 6) is -0.880. The third-order valence-electron chi connectivity index (χ3n) is 3.14. The van der Waals surface area contributed by atoms with Gasteiger partial charge in [0.2, 0.25) is 10.0 Å². The maximum atomic E-state index is 13.1. The van der Waals surface area contributed by atoms with E-state index >= 15 is 0 Å². The van der Waals surface area contributed by atoms with Gasteiger partial charge in [0.1, 0.15) is 5.82 Å². The fourth-order valence-electron chi connectivity index (χ4n) is 1.91. The molecule has 2 aromatic rings. The molecule has 1 amide bonds. The number of amides is 1. The maximum absolute atomic E-state index is 13.1. The third-order valence-corrected chi connectivity index (χ3v) is 5.27. The van der Waals surface area contributed by atoms with Crippen LogP contribution in [0.2, 0.25) is 0 Å². The molecule has 0 fully saturated rings. The highest BCUT2D eigenvalue weighted by Crippen LogP contribution is 2.20. The first-order chi connectivity index (χ1) is 11.3. The predicted molar refractivity (Wildman–Crippen MR) is 94.0 cm³/mol. The molecule has 0 spiro atoms. The zero-order valence-corrected chi connectivity index (χ0v) is 15.2. The van der Waals surface area contributed by atoms with E-state index in [9.17, 15) is 17.6 Å². The second kappa shape index (κ2) is 7.87. The largest absolute Gasteiger partial charge is 0.322 e. The van der Waals surface area contributed by atoms with Crippen LogP contribution in [0.15, 0.2) is 51.8 Å². The Morgan fingerprint density at radius 2 is 1.83 bits per heavy atom. The predicted octanol–water partition coefficient (Wildman–Crippen LogP) is 3.53. The van der Waals surface area contributed by atoms with E-state index in [1.807, 2.05) is 6.92 Å². The fourth-order valence-corrected chi connectivity index (χ4v) is 3.57. The minimum atomic E-state index is -3.54. The minimum absolute atomic E-state index is 0.122. The molecule has 0 atom stereocenters. The van der Waals surface area contributed by atoms with Gasteiger partial charge >= 0.3 is 0 Å². The molecule has 5 nitrogen and oxygen atoms in total. The summed E-state index contributed by atoms with van der Waals surface area (Å²) in [5, 5.41) is 2.63. The Morgan fingerprint density at radius 1 is 1.17 bits per heavy atom. The number of hydrogen-bond donors (Lipinski definition) is 2. The van der Waals surface area contributed by atoms with Crippen LogP contribution in [-0.4, -0.2) is 20.9 Å². The first-order valence-corrected chi connectivity index (χ1v) is 9.47. The van der Waals surface area contributed by atoms with Gasteiger partial charge in [0, 0.05) is 16.7 Å². The van der Waals surface area contributed by atoms with E-state index in [1.165, 1.54) is 42.5 Å². The van der Waals surface area contributed by atoms with Crippen LogP contribution in [0.1, 0.15) is 23.7 Å². The van der Waals surface area contributed by atoms with Gasteiger partial charge in [0.05, 0.1) is 10.5 Å². The van der Waals surface area contributed by atoms with Gasteiger partial charge in [0.15, 0.2) is 0 Å². The number of benzene rings is 2. The third kappa shape index (κ3) is 4.62. The van der Waals surface area contributed by atoms with E-state index in [1.54, 1.807) is 0 Å². The van der Waals surface area contributed by atoms with Crippen LogP contribution in [0.25, 0.3) is 0 Å². The number of carbonyl (C=O) groups excluding carboxylic acids is 1. The van der Waals surface area contributed by atoms with Gasteiger partial charge in [-0.2, -0.15) is 0 Å². The van der Waals surface area contributed by atoms with Gasteiger partial charge in [-0.3, -0.25) is 4.79 Å². The molecule has 2 rings (SSSR count). The van der Waals surface area contributed by atoms with E-state index in [-0.39, 0.29) is 10.5 Å². The molecular formula is C16H16BrFN2O3S. The number of sulfonamides is 1. The molecular weight excluding hydrogens is 399 g/mol.